The highest BCUT2D eigenvalue weighted by Crippen LogP contribution is 2.32. The molecule has 2 fully saturated rings. The normalized spacial score (nSPS) is 25.1. The van der Waals surface area contributed by atoms with Crippen LogP contribution in [-0.2, 0) is 14.4 Å². The van der Waals surface area contributed by atoms with Gasteiger partial charge in [-0.15, -0.1) is 0 Å². The molecule has 0 aromatic heterocycles. The highest BCUT2D eigenvalue weighted by molar-refractivity contribution is 5.94. The van der Waals surface area contributed by atoms with Gasteiger partial charge in [0, 0.05) is 12.6 Å². The molecule has 0 aromatic carbocycles. The van der Waals surface area contributed by atoms with E-state index in [0.29, 0.717) is 25.8 Å². The molecule has 7 heteroatoms. The van der Waals surface area contributed by atoms with Gasteiger partial charge in [-0.3, -0.25) is 14.4 Å². The maximum absolute atomic E-state index is 13.2. The smallest absolute Gasteiger partial charge is 0.246 e. The number of nitrogens with one attached hydrogen (secondary N) is 2. The average Bonchev–Trinajstić information content (AvgIpc) is 3.23. The predicted octanol–water partition coefficient (Wildman–Crippen LogP) is 2.73. The van der Waals surface area contributed by atoms with E-state index >= 15 is 0 Å². The van der Waals surface area contributed by atoms with Crippen molar-refractivity contribution in [2.24, 2.45) is 5.73 Å². The number of carbonyl (C=O) groups excluding carboxylic acids is 3. The molecule has 2 aliphatic rings. The molecular weight excluding hydrogens is 404 g/mol. The van der Waals surface area contributed by atoms with Crippen LogP contribution in [0.3, 0.4) is 0 Å². The van der Waals surface area contributed by atoms with Crippen LogP contribution >= 0.6 is 0 Å². The van der Waals surface area contributed by atoms with Crippen molar-refractivity contribution in [1.29, 1.82) is 0 Å². The van der Waals surface area contributed by atoms with Gasteiger partial charge in [-0.25, -0.2) is 0 Å². The average molecular weight is 445 g/mol. The van der Waals surface area contributed by atoms with Crippen molar-refractivity contribution in [3.8, 4) is 0 Å². The van der Waals surface area contributed by atoms with Crippen molar-refractivity contribution in [3.05, 3.63) is 35.5 Å². The largest absolute Gasteiger partial charge is 0.350 e. The molecule has 0 aliphatic carbocycles. The van der Waals surface area contributed by atoms with Crippen molar-refractivity contribution < 1.29 is 14.4 Å². The molecule has 0 aromatic rings. The predicted molar refractivity (Wildman–Crippen MR) is 128 cm³/mol. The lowest BCUT2D eigenvalue weighted by molar-refractivity contribution is -0.146. The molecule has 2 saturated heterocycles. The lowest BCUT2D eigenvalue weighted by Crippen LogP contribution is -2.60. The summed E-state index contributed by atoms with van der Waals surface area (Å²) in [6.45, 7) is 8.36. The van der Waals surface area contributed by atoms with Crippen molar-refractivity contribution in [2.45, 2.75) is 96.8 Å². The molecule has 0 radical (unpaired) electrons. The molecule has 0 spiro atoms. The number of piperidine rings is 1. The van der Waals surface area contributed by atoms with Gasteiger partial charge in [0.05, 0.1) is 6.04 Å². The van der Waals surface area contributed by atoms with Gasteiger partial charge in [0.1, 0.15) is 12.1 Å². The lowest BCUT2D eigenvalue weighted by Gasteiger charge is -2.38. The molecule has 3 amide bonds. The Morgan fingerprint density at radius 2 is 1.88 bits per heavy atom. The molecule has 178 valence electrons. The van der Waals surface area contributed by atoms with Crippen LogP contribution in [0.1, 0.15) is 72.6 Å². The van der Waals surface area contributed by atoms with Crippen LogP contribution in [0.25, 0.3) is 0 Å². The van der Waals surface area contributed by atoms with Crippen LogP contribution in [0.15, 0.2) is 35.5 Å². The van der Waals surface area contributed by atoms with E-state index in [4.69, 9.17) is 5.73 Å². The lowest BCUT2D eigenvalue weighted by atomic mass is 9.97. The van der Waals surface area contributed by atoms with E-state index in [1.165, 1.54) is 5.57 Å². The number of fused-ring (bicyclic) bond motifs is 1. The maximum Gasteiger partial charge on any atom is 0.246 e. The Balaban J connectivity index is 1.92. The third kappa shape index (κ3) is 6.79. The summed E-state index contributed by atoms with van der Waals surface area (Å²) >= 11 is 0. The summed E-state index contributed by atoms with van der Waals surface area (Å²) in [6, 6.07) is -1.65. The molecular formula is C25H40N4O3. The molecule has 3 unspecified atom stereocenters. The Morgan fingerprint density at radius 1 is 1.16 bits per heavy atom. The van der Waals surface area contributed by atoms with Gasteiger partial charge in [-0.1, -0.05) is 29.9 Å². The summed E-state index contributed by atoms with van der Waals surface area (Å²) in [7, 11) is 0. The van der Waals surface area contributed by atoms with E-state index < -0.39 is 18.1 Å². The summed E-state index contributed by atoms with van der Waals surface area (Å²) in [4.78, 5) is 40.3. The summed E-state index contributed by atoms with van der Waals surface area (Å²) in [5, 5.41) is 5.81. The zero-order valence-electron chi connectivity index (χ0n) is 20.0. The first-order valence-corrected chi connectivity index (χ1v) is 11.9. The molecule has 2 rings (SSSR count). The number of rotatable bonds is 10. The monoisotopic (exact) mass is 444 g/mol. The van der Waals surface area contributed by atoms with E-state index in [2.05, 4.69) is 23.6 Å². The zero-order chi connectivity index (χ0) is 23.7. The van der Waals surface area contributed by atoms with Crippen molar-refractivity contribution in [3.63, 3.8) is 0 Å². The second-order valence-electron chi connectivity index (χ2n) is 8.85. The molecule has 0 saturated carbocycles. The SMILES string of the molecule is C/C=C\C(=C/C)CNC(=O)C1CCC2CCC(NC(=O)[C@@H](N)CCC/C(C)=C/C)C(=O)N21. The van der Waals surface area contributed by atoms with Gasteiger partial charge in [-0.05, 0) is 78.2 Å². The number of nitrogens with two attached hydrogens (primary N) is 1. The first kappa shape index (κ1) is 25.8. The summed E-state index contributed by atoms with van der Waals surface area (Å²) in [5.41, 5.74) is 8.36. The molecule has 0 bridgehead atoms. The number of carbonyl (C=O) groups is 3. The summed E-state index contributed by atoms with van der Waals surface area (Å²) < 4.78 is 0. The minimum atomic E-state index is -0.631. The Kier molecular flexibility index (Phi) is 10.2. The van der Waals surface area contributed by atoms with Crippen LogP contribution in [0, 0.1) is 0 Å². The Labute approximate surface area is 192 Å². The fourth-order valence-corrected chi connectivity index (χ4v) is 4.49. The van der Waals surface area contributed by atoms with Crippen LogP contribution < -0.4 is 16.4 Å². The highest BCUT2D eigenvalue weighted by Gasteiger charge is 2.46. The van der Waals surface area contributed by atoms with Crippen molar-refractivity contribution in [1.82, 2.24) is 15.5 Å². The van der Waals surface area contributed by atoms with Crippen LogP contribution in [0.2, 0.25) is 0 Å². The highest BCUT2D eigenvalue weighted by atomic mass is 16.2. The minimum Gasteiger partial charge on any atom is -0.350 e. The summed E-state index contributed by atoms with van der Waals surface area (Å²) in [6.07, 6.45) is 13.1. The van der Waals surface area contributed by atoms with E-state index in [0.717, 1.165) is 31.3 Å². The van der Waals surface area contributed by atoms with E-state index in [9.17, 15) is 14.4 Å². The van der Waals surface area contributed by atoms with Gasteiger partial charge in [0.2, 0.25) is 17.7 Å². The quantitative estimate of drug-likeness (QED) is 0.356. The van der Waals surface area contributed by atoms with Gasteiger partial charge in [0.15, 0.2) is 0 Å². The topological polar surface area (TPSA) is 105 Å². The third-order valence-corrected chi connectivity index (χ3v) is 6.60. The van der Waals surface area contributed by atoms with Crippen LogP contribution in [0.5, 0.6) is 0 Å². The first-order chi connectivity index (χ1) is 15.3. The number of hydrogen-bond acceptors (Lipinski definition) is 4. The van der Waals surface area contributed by atoms with Crippen molar-refractivity contribution in [2.75, 3.05) is 6.54 Å². The third-order valence-electron chi connectivity index (χ3n) is 6.60. The molecule has 2 heterocycles. The van der Waals surface area contributed by atoms with E-state index in [1.54, 1.807) is 4.90 Å². The van der Waals surface area contributed by atoms with Gasteiger partial charge >= 0.3 is 0 Å². The second kappa shape index (κ2) is 12.6. The number of hydrogen-bond donors (Lipinski definition) is 3. The molecule has 2 aliphatic heterocycles. The summed E-state index contributed by atoms with van der Waals surface area (Å²) in [5.74, 6) is -0.583. The number of nitrogens with zero attached hydrogens (tertiary/aromatic N) is 1. The number of allylic oxidation sites excluding steroid dienone is 4. The number of amides is 3. The minimum absolute atomic E-state index is 0.0700. The van der Waals surface area contributed by atoms with Gasteiger partial charge < -0.3 is 21.3 Å². The molecule has 4 N–H and O–H groups in total. The fraction of sp³-hybridized carbons (Fsp3) is 0.640. The Morgan fingerprint density at radius 3 is 2.53 bits per heavy atom. The first-order valence-electron chi connectivity index (χ1n) is 11.9. The Bertz CT molecular complexity index is 771. The second-order valence-corrected chi connectivity index (χ2v) is 8.85. The van der Waals surface area contributed by atoms with Gasteiger partial charge in [0.25, 0.3) is 0 Å². The fourth-order valence-electron chi connectivity index (χ4n) is 4.49. The van der Waals surface area contributed by atoms with E-state index in [1.807, 2.05) is 39.0 Å². The zero-order valence-corrected chi connectivity index (χ0v) is 20.0. The molecule has 7 nitrogen and oxygen atoms in total. The molecule has 4 atom stereocenters. The van der Waals surface area contributed by atoms with Gasteiger partial charge in [-0.2, -0.15) is 0 Å². The van der Waals surface area contributed by atoms with Crippen LogP contribution in [-0.4, -0.2) is 53.3 Å². The standard InChI is InChI=1S/C25H40N4O3/c1-5-9-18(7-3)16-27-24(31)22-15-13-19-12-14-21(25(32)29(19)22)28-23(30)20(26)11-8-10-17(4)6-2/h5-7,9,19-22H,8,10-16,26H2,1-4H3,(H,27,31)(H,28,30)/b9-5-,17-6+,18-7+/t19?,20-,21?,22?/m0/s1. The van der Waals surface area contributed by atoms with Crippen molar-refractivity contribution >= 4 is 17.7 Å². The maximum atomic E-state index is 13.2. The van der Waals surface area contributed by atoms with E-state index in [-0.39, 0.29) is 23.8 Å². The molecule has 32 heavy (non-hydrogen) atoms. The van der Waals surface area contributed by atoms with Crippen LogP contribution in [0.4, 0.5) is 0 Å². The Hall–Kier alpha value is -2.41.